The van der Waals surface area contributed by atoms with E-state index in [0.29, 0.717) is 19.1 Å². The topological polar surface area (TPSA) is 64.8 Å². The van der Waals surface area contributed by atoms with Gasteiger partial charge in [-0.3, -0.25) is 0 Å². The number of halogens is 1. The van der Waals surface area contributed by atoms with E-state index in [9.17, 15) is 5.11 Å². The zero-order valence-electron chi connectivity index (χ0n) is 17.3. The van der Waals surface area contributed by atoms with Gasteiger partial charge in [0.15, 0.2) is 5.96 Å². The number of guanidine groups is 1. The Morgan fingerprint density at radius 1 is 1.10 bits per heavy atom. The lowest BCUT2D eigenvalue weighted by Crippen LogP contribution is -2.38. The molecule has 0 radical (unpaired) electrons. The normalized spacial score (nSPS) is 15.1. The molecule has 0 atom stereocenters. The molecule has 29 heavy (non-hydrogen) atoms. The van der Waals surface area contributed by atoms with Gasteiger partial charge in [-0.05, 0) is 55.5 Å². The Kier molecular flexibility index (Phi) is 10.3. The molecule has 0 amide bonds. The Morgan fingerprint density at radius 3 is 2.41 bits per heavy atom. The van der Waals surface area contributed by atoms with Crippen LogP contribution in [0.2, 0.25) is 0 Å². The molecule has 1 aromatic heterocycles. The fourth-order valence-electron chi connectivity index (χ4n) is 3.52. The van der Waals surface area contributed by atoms with Crippen molar-refractivity contribution in [1.29, 1.82) is 0 Å². The van der Waals surface area contributed by atoms with E-state index in [1.807, 2.05) is 12.1 Å². The van der Waals surface area contributed by atoms with E-state index in [4.69, 9.17) is 4.99 Å². The molecule has 1 saturated heterocycles. The SMILES string of the molecule is CCNC(=NCc1ccc(N2CCC(CO)CC2)cc1)NCCn1cccc1.I. The first-order valence-corrected chi connectivity index (χ1v) is 10.4. The van der Waals surface area contributed by atoms with E-state index < -0.39 is 0 Å². The van der Waals surface area contributed by atoms with Crippen LogP contribution in [0.1, 0.15) is 25.3 Å². The first kappa shape index (κ1) is 23.5. The number of piperidine rings is 1. The quantitative estimate of drug-likeness (QED) is 0.290. The van der Waals surface area contributed by atoms with Gasteiger partial charge in [-0.1, -0.05) is 12.1 Å². The van der Waals surface area contributed by atoms with E-state index in [1.165, 1.54) is 11.3 Å². The number of anilines is 1. The maximum Gasteiger partial charge on any atom is 0.191 e. The summed E-state index contributed by atoms with van der Waals surface area (Å²) in [4.78, 5) is 7.12. The largest absolute Gasteiger partial charge is 0.396 e. The number of aliphatic hydroxyl groups is 1. The van der Waals surface area contributed by atoms with E-state index in [1.54, 1.807) is 0 Å². The molecule has 1 fully saturated rings. The van der Waals surface area contributed by atoms with Gasteiger partial charge in [0.05, 0.1) is 6.54 Å². The maximum atomic E-state index is 9.29. The molecule has 0 bridgehead atoms. The zero-order chi connectivity index (χ0) is 19.6. The van der Waals surface area contributed by atoms with Crippen LogP contribution in [0, 0.1) is 5.92 Å². The molecule has 7 heteroatoms. The fraction of sp³-hybridized carbons (Fsp3) is 0.500. The maximum absolute atomic E-state index is 9.29. The van der Waals surface area contributed by atoms with Gasteiger partial charge >= 0.3 is 0 Å². The summed E-state index contributed by atoms with van der Waals surface area (Å²) in [5.41, 5.74) is 2.47. The van der Waals surface area contributed by atoms with Crippen molar-refractivity contribution < 1.29 is 5.11 Å². The first-order valence-electron chi connectivity index (χ1n) is 10.4. The molecular weight excluding hydrogens is 477 g/mol. The predicted octanol–water partition coefficient (Wildman–Crippen LogP) is 3.07. The molecule has 0 spiro atoms. The highest BCUT2D eigenvalue weighted by molar-refractivity contribution is 14.0. The Morgan fingerprint density at radius 2 is 1.79 bits per heavy atom. The molecule has 0 aliphatic carbocycles. The summed E-state index contributed by atoms with van der Waals surface area (Å²) in [6.45, 7) is 7.71. The second-order valence-corrected chi connectivity index (χ2v) is 7.32. The van der Waals surface area contributed by atoms with Crippen LogP contribution in [0.25, 0.3) is 0 Å². The number of aliphatic imine (C=N–C) groups is 1. The van der Waals surface area contributed by atoms with Crippen molar-refractivity contribution in [3.63, 3.8) is 0 Å². The lowest BCUT2D eigenvalue weighted by Gasteiger charge is -2.32. The Balaban J connectivity index is 0.00000300. The summed E-state index contributed by atoms with van der Waals surface area (Å²) >= 11 is 0. The second-order valence-electron chi connectivity index (χ2n) is 7.32. The number of aliphatic hydroxyl groups excluding tert-OH is 1. The van der Waals surface area contributed by atoms with Crippen LogP contribution < -0.4 is 15.5 Å². The third-order valence-electron chi connectivity index (χ3n) is 5.27. The molecule has 1 aliphatic heterocycles. The lowest BCUT2D eigenvalue weighted by molar-refractivity contribution is 0.203. The molecule has 3 N–H and O–H groups in total. The molecule has 6 nitrogen and oxygen atoms in total. The number of hydrogen-bond donors (Lipinski definition) is 3. The smallest absolute Gasteiger partial charge is 0.191 e. The number of nitrogens with zero attached hydrogens (tertiary/aromatic N) is 3. The van der Waals surface area contributed by atoms with Gasteiger partial charge in [-0.25, -0.2) is 4.99 Å². The fourth-order valence-corrected chi connectivity index (χ4v) is 3.52. The predicted molar refractivity (Wildman–Crippen MR) is 131 cm³/mol. The minimum absolute atomic E-state index is 0. The van der Waals surface area contributed by atoms with Crippen molar-refractivity contribution in [2.24, 2.45) is 10.9 Å². The minimum Gasteiger partial charge on any atom is -0.396 e. The van der Waals surface area contributed by atoms with Gasteiger partial charge in [0.1, 0.15) is 0 Å². The number of rotatable bonds is 8. The minimum atomic E-state index is 0. The summed E-state index contributed by atoms with van der Waals surface area (Å²) in [6, 6.07) is 12.8. The summed E-state index contributed by atoms with van der Waals surface area (Å²) in [5, 5.41) is 16.0. The molecule has 0 saturated carbocycles. The number of nitrogens with one attached hydrogen (secondary N) is 2. The van der Waals surface area contributed by atoms with Crippen molar-refractivity contribution in [3.05, 3.63) is 54.4 Å². The van der Waals surface area contributed by atoms with Crippen LogP contribution in [-0.4, -0.2) is 48.4 Å². The van der Waals surface area contributed by atoms with Gasteiger partial charge in [0, 0.05) is 57.4 Å². The summed E-state index contributed by atoms with van der Waals surface area (Å²) in [6.07, 6.45) is 6.28. The van der Waals surface area contributed by atoms with Crippen molar-refractivity contribution in [2.45, 2.75) is 32.9 Å². The lowest BCUT2D eigenvalue weighted by atomic mass is 9.97. The van der Waals surface area contributed by atoms with Crippen LogP contribution in [0.5, 0.6) is 0 Å². The highest BCUT2D eigenvalue weighted by Gasteiger charge is 2.18. The van der Waals surface area contributed by atoms with E-state index in [2.05, 4.69) is 63.7 Å². The van der Waals surface area contributed by atoms with Gasteiger partial charge in [-0.15, -0.1) is 24.0 Å². The second kappa shape index (κ2) is 12.7. The molecular formula is C22H34IN5O. The molecule has 1 aliphatic rings. The standard InChI is InChI=1S/C22H33N5O.HI/c1-2-23-22(24-11-16-26-12-3-4-13-26)25-17-19-5-7-21(8-6-19)27-14-9-20(18-28)10-15-27;/h3-8,12-13,20,28H,2,9-11,14-18H2,1H3,(H2,23,24,25);1H. The van der Waals surface area contributed by atoms with Crippen molar-refractivity contribution in [3.8, 4) is 0 Å². The van der Waals surface area contributed by atoms with E-state index in [-0.39, 0.29) is 24.0 Å². The van der Waals surface area contributed by atoms with Gasteiger partial charge in [0.25, 0.3) is 0 Å². The summed E-state index contributed by atoms with van der Waals surface area (Å²) < 4.78 is 2.15. The molecule has 1 aromatic carbocycles. The number of benzene rings is 1. The summed E-state index contributed by atoms with van der Waals surface area (Å²) in [5.74, 6) is 1.32. The third-order valence-corrected chi connectivity index (χ3v) is 5.27. The Bertz CT molecular complexity index is 709. The van der Waals surface area contributed by atoms with Gasteiger partial charge in [0.2, 0.25) is 0 Å². The zero-order valence-corrected chi connectivity index (χ0v) is 19.6. The highest BCUT2D eigenvalue weighted by atomic mass is 127. The molecule has 2 aromatic rings. The van der Waals surface area contributed by atoms with Crippen LogP contribution in [-0.2, 0) is 13.1 Å². The monoisotopic (exact) mass is 511 g/mol. The van der Waals surface area contributed by atoms with Crippen LogP contribution >= 0.6 is 24.0 Å². The Hall–Kier alpha value is -1.74. The average molecular weight is 511 g/mol. The summed E-state index contributed by atoms with van der Waals surface area (Å²) in [7, 11) is 0. The number of hydrogen-bond acceptors (Lipinski definition) is 3. The molecule has 160 valence electrons. The third kappa shape index (κ3) is 7.54. The highest BCUT2D eigenvalue weighted by Crippen LogP contribution is 2.23. The molecule has 2 heterocycles. The number of aromatic nitrogens is 1. The first-order chi connectivity index (χ1) is 13.8. The molecule has 3 rings (SSSR count). The Labute approximate surface area is 191 Å². The average Bonchev–Trinajstić information content (AvgIpc) is 3.26. The van der Waals surface area contributed by atoms with E-state index >= 15 is 0 Å². The van der Waals surface area contributed by atoms with Crippen molar-refractivity contribution in [1.82, 2.24) is 15.2 Å². The van der Waals surface area contributed by atoms with Crippen molar-refractivity contribution >= 4 is 35.6 Å². The van der Waals surface area contributed by atoms with Crippen LogP contribution in [0.15, 0.2) is 53.8 Å². The van der Waals surface area contributed by atoms with Crippen LogP contribution in [0.3, 0.4) is 0 Å². The van der Waals surface area contributed by atoms with E-state index in [0.717, 1.165) is 51.5 Å². The van der Waals surface area contributed by atoms with Crippen molar-refractivity contribution in [2.75, 3.05) is 37.7 Å². The van der Waals surface area contributed by atoms with Gasteiger partial charge in [-0.2, -0.15) is 0 Å². The molecule has 0 unspecified atom stereocenters. The van der Waals surface area contributed by atoms with Gasteiger partial charge < -0.3 is 25.2 Å². The van der Waals surface area contributed by atoms with Crippen LogP contribution in [0.4, 0.5) is 5.69 Å².